The number of nitrogens with one attached hydrogen (secondary N) is 1. The van der Waals surface area contributed by atoms with Gasteiger partial charge in [0.2, 0.25) is 0 Å². The first-order valence-corrected chi connectivity index (χ1v) is 6.65. The molecule has 0 aliphatic heterocycles. The van der Waals surface area contributed by atoms with Gasteiger partial charge in [0.15, 0.2) is 0 Å². The number of rotatable bonds is 5. The predicted octanol–water partition coefficient (Wildman–Crippen LogP) is 4.13. The summed E-state index contributed by atoms with van der Waals surface area (Å²) >= 11 is 9.25. The number of alkyl carbamates (subject to hydrolysis) is 1. The van der Waals surface area contributed by atoms with Crippen LogP contribution in [0, 0.1) is 0 Å². The topological polar surface area (TPSA) is 38.3 Å². The van der Waals surface area contributed by atoms with E-state index in [2.05, 4.69) is 21.2 Å². The van der Waals surface area contributed by atoms with Gasteiger partial charge in [-0.2, -0.15) is 0 Å². The molecule has 0 radical (unpaired) electrons. The van der Waals surface area contributed by atoms with E-state index in [0.29, 0.717) is 18.2 Å². The standard InChI is InChI=1S/C12H15BrClNO2/c1-2-3-6-17-12(16)15-8-9-4-5-10(13)11(14)7-9/h4-5,7H,2-3,6,8H2,1H3,(H,15,16). The Morgan fingerprint density at radius 3 is 2.94 bits per heavy atom. The molecule has 17 heavy (non-hydrogen) atoms. The Morgan fingerprint density at radius 1 is 1.53 bits per heavy atom. The van der Waals surface area contributed by atoms with Crippen molar-refractivity contribution in [2.24, 2.45) is 0 Å². The lowest BCUT2D eigenvalue weighted by molar-refractivity contribution is 0.144. The number of carbonyl (C=O) groups is 1. The van der Waals surface area contributed by atoms with Gasteiger partial charge in [-0.05, 0) is 40.0 Å². The fourth-order valence-electron chi connectivity index (χ4n) is 1.18. The normalized spacial score (nSPS) is 10.1. The van der Waals surface area contributed by atoms with Crippen LogP contribution in [0.3, 0.4) is 0 Å². The molecule has 0 unspecified atom stereocenters. The van der Waals surface area contributed by atoms with Crippen LogP contribution in [-0.2, 0) is 11.3 Å². The van der Waals surface area contributed by atoms with E-state index in [9.17, 15) is 4.79 Å². The molecule has 0 saturated carbocycles. The maximum atomic E-state index is 11.3. The van der Waals surface area contributed by atoms with Gasteiger partial charge >= 0.3 is 6.09 Å². The van der Waals surface area contributed by atoms with Gasteiger partial charge in [-0.3, -0.25) is 0 Å². The molecule has 0 aliphatic rings. The summed E-state index contributed by atoms with van der Waals surface area (Å²) in [6, 6.07) is 5.54. The van der Waals surface area contributed by atoms with Crippen LogP contribution in [0.1, 0.15) is 25.3 Å². The lowest BCUT2D eigenvalue weighted by atomic mass is 10.2. The predicted molar refractivity (Wildman–Crippen MR) is 72.2 cm³/mol. The van der Waals surface area contributed by atoms with Crippen LogP contribution < -0.4 is 5.32 Å². The Kier molecular flexibility index (Phi) is 6.37. The Hall–Kier alpha value is -0.740. The van der Waals surface area contributed by atoms with Gasteiger partial charge in [0.05, 0.1) is 11.6 Å². The molecular weight excluding hydrogens is 305 g/mol. The Labute approximate surface area is 115 Å². The molecule has 3 nitrogen and oxygen atoms in total. The van der Waals surface area contributed by atoms with Gasteiger partial charge in [0.25, 0.3) is 0 Å². The van der Waals surface area contributed by atoms with Crippen molar-refractivity contribution in [2.75, 3.05) is 6.61 Å². The lowest BCUT2D eigenvalue weighted by Gasteiger charge is -2.07. The molecular formula is C12H15BrClNO2. The van der Waals surface area contributed by atoms with Crippen molar-refractivity contribution in [1.29, 1.82) is 0 Å². The first-order valence-electron chi connectivity index (χ1n) is 5.48. The average Bonchev–Trinajstić information content (AvgIpc) is 2.31. The highest BCUT2D eigenvalue weighted by Gasteiger charge is 2.03. The van der Waals surface area contributed by atoms with E-state index >= 15 is 0 Å². The van der Waals surface area contributed by atoms with Crippen molar-refractivity contribution in [3.63, 3.8) is 0 Å². The minimum Gasteiger partial charge on any atom is -0.450 e. The summed E-state index contributed by atoms with van der Waals surface area (Å²) < 4.78 is 5.81. The van der Waals surface area contributed by atoms with Crippen molar-refractivity contribution in [3.05, 3.63) is 33.3 Å². The number of hydrogen-bond donors (Lipinski definition) is 1. The number of carbonyl (C=O) groups excluding carboxylic acids is 1. The van der Waals surface area contributed by atoms with Crippen LogP contribution in [-0.4, -0.2) is 12.7 Å². The molecule has 0 aromatic heterocycles. The molecule has 0 aliphatic carbocycles. The molecule has 1 aromatic carbocycles. The molecule has 1 rings (SSSR count). The minimum absolute atomic E-state index is 0.391. The van der Waals surface area contributed by atoms with Gasteiger partial charge in [0.1, 0.15) is 0 Å². The summed E-state index contributed by atoms with van der Waals surface area (Å²) in [5.41, 5.74) is 0.936. The zero-order valence-corrected chi connectivity index (χ0v) is 12.0. The monoisotopic (exact) mass is 319 g/mol. The van der Waals surface area contributed by atoms with Gasteiger partial charge in [0, 0.05) is 11.0 Å². The van der Waals surface area contributed by atoms with Crippen LogP contribution in [0.4, 0.5) is 4.79 Å². The van der Waals surface area contributed by atoms with E-state index in [4.69, 9.17) is 16.3 Å². The van der Waals surface area contributed by atoms with Crippen LogP contribution >= 0.6 is 27.5 Å². The molecule has 0 fully saturated rings. The highest BCUT2D eigenvalue weighted by atomic mass is 79.9. The molecule has 94 valence electrons. The summed E-state index contributed by atoms with van der Waals surface area (Å²) in [7, 11) is 0. The molecule has 0 bridgehead atoms. The van der Waals surface area contributed by atoms with E-state index in [1.165, 1.54) is 0 Å². The van der Waals surface area contributed by atoms with Crippen LogP contribution in [0.5, 0.6) is 0 Å². The lowest BCUT2D eigenvalue weighted by Crippen LogP contribution is -2.24. The molecule has 1 aromatic rings. The molecule has 0 saturated heterocycles. The van der Waals surface area contributed by atoms with Gasteiger partial charge in [-0.15, -0.1) is 0 Å². The van der Waals surface area contributed by atoms with E-state index in [1.807, 2.05) is 19.1 Å². The fraction of sp³-hybridized carbons (Fsp3) is 0.417. The van der Waals surface area contributed by atoms with Crippen molar-refractivity contribution in [1.82, 2.24) is 5.32 Å². The molecule has 5 heteroatoms. The highest BCUT2D eigenvalue weighted by Crippen LogP contribution is 2.22. The highest BCUT2D eigenvalue weighted by molar-refractivity contribution is 9.10. The summed E-state index contributed by atoms with van der Waals surface area (Å²) in [6.07, 6.45) is 1.50. The van der Waals surface area contributed by atoms with E-state index < -0.39 is 6.09 Å². The molecule has 0 heterocycles. The van der Waals surface area contributed by atoms with Gasteiger partial charge in [-0.25, -0.2) is 4.79 Å². The fourth-order valence-corrected chi connectivity index (χ4v) is 1.63. The summed E-state index contributed by atoms with van der Waals surface area (Å²) in [5, 5.41) is 3.30. The summed E-state index contributed by atoms with van der Waals surface area (Å²) in [5.74, 6) is 0. The second kappa shape index (κ2) is 7.56. The van der Waals surface area contributed by atoms with Crippen LogP contribution in [0.2, 0.25) is 5.02 Å². The minimum atomic E-state index is -0.391. The largest absolute Gasteiger partial charge is 0.450 e. The molecule has 1 amide bonds. The quantitative estimate of drug-likeness (QED) is 0.828. The van der Waals surface area contributed by atoms with Crippen molar-refractivity contribution in [3.8, 4) is 0 Å². The van der Waals surface area contributed by atoms with E-state index in [0.717, 1.165) is 22.9 Å². The SMILES string of the molecule is CCCCOC(=O)NCc1ccc(Br)c(Cl)c1. The van der Waals surface area contributed by atoms with Crippen LogP contribution in [0.25, 0.3) is 0 Å². The maximum absolute atomic E-state index is 11.3. The second-order valence-electron chi connectivity index (χ2n) is 3.59. The molecule has 0 atom stereocenters. The molecule has 1 N–H and O–H groups in total. The Bertz CT molecular complexity index is 385. The number of hydrogen-bond acceptors (Lipinski definition) is 2. The number of unbranched alkanes of at least 4 members (excludes halogenated alkanes) is 1. The van der Waals surface area contributed by atoms with Gasteiger partial charge < -0.3 is 10.1 Å². The van der Waals surface area contributed by atoms with Crippen molar-refractivity contribution < 1.29 is 9.53 Å². The number of halogens is 2. The first kappa shape index (κ1) is 14.3. The smallest absolute Gasteiger partial charge is 0.407 e. The third kappa shape index (κ3) is 5.41. The van der Waals surface area contributed by atoms with Crippen molar-refractivity contribution in [2.45, 2.75) is 26.3 Å². The number of ether oxygens (including phenoxy) is 1. The zero-order chi connectivity index (χ0) is 12.7. The Balaban J connectivity index is 2.34. The van der Waals surface area contributed by atoms with Crippen LogP contribution in [0.15, 0.2) is 22.7 Å². The van der Waals surface area contributed by atoms with Gasteiger partial charge in [-0.1, -0.05) is 31.0 Å². The van der Waals surface area contributed by atoms with Crippen molar-refractivity contribution >= 4 is 33.6 Å². The number of benzene rings is 1. The third-order valence-electron chi connectivity index (χ3n) is 2.15. The van der Waals surface area contributed by atoms with E-state index in [-0.39, 0.29) is 0 Å². The average molecular weight is 321 g/mol. The summed E-state index contributed by atoms with van der Waals surface area (Å²) in [6.45, 7) is 2.92. The number of amides is 1. The second-order valence-corrected chi connectivity index (χ2v) is 4.85. The molecule has 0 spiro atoms. The third-order valence-corrected chi connectivity index (χ3v) is 3.38. The summed E-state index contributed by atoms with van der Waals surface area (Å²) in [4.78, 5) is 11.3. The Morgan fingerprint density at radius 2 is 2.29 bits per heavy atom. The van der Waals surface area contributed by atoms with E-state index in [1.54, 1.807) is 6.07 Å². The first-order chi connectivity index (χ1) is 8.13. The maximum Gasteiger partial charge on any atom is 0.407 e. The zero-order valence-electron chi connectivity index (χ0n) is 9.63.